The number of carbonyl (C=O) groups is 2. The lowest BCUT2D eigenvalue weighted by Gasteiger charge is -2.46. The van der Waals surface area contributed by atoms with E-state index in [-0.39, 0.29) is 23.5 Å². The van der Waals surface area contributed by atoms with Crippen LogP contribution in [-0.4, -0.2) is 73.6 Å². The topological polar surface area (TPSA) is 93.5 Å². The third kappa shape index (κ3) is 4.41. The molecule has 0 atom stereocenters. The first-order valence-electron chi connectivity index (χ1n) is 10.5. The van der Waals surface area contributed by atoms with Crippen LogP contribution in [0.3, 0.4) is 0 Å². The third-order valence-corrected chi connectivity index (χ3v) is 5.68. The Morgan fingerprint density at radius 3 is 2.61 bits per heavy atom. The Morgan fingerprint density at radius 2 is 1.91 bits per heavy atom. The molecule has 0 saturated carbocycles. The van der Waals surface area contributed by atoms with Crippen LogP contribution in [0.4, 0.5) is 4.39 Å². The zero-order chi connectivity index (χ0) is 23.8. The molecule has 1 saturated heterocycles. The van der Waals surface area contributed by atoms with Gasteiger partial charge in [0.1, 0.15) is 17.8 Å². The largest absolute Gasteiger partial charge is 0.481 e. The molecule has 1 aromatic carbocycles. The van der Waals surface area contributed by atoms with Crippen LogP contribution in [-0.2, 0) is 0 Å². The summed E-state index contributed by atoms with van der Waals surface area (Å²) in [7, 11) is 1.50. The zero-order valence-electron chi connectivity index (χ0n) is 18.9. The Hall–Kier alpha value is -3.82. The minimum absolute atomic E-state index is 0.0410. The van der Waals surface area contributed by atoms with Crippen molar-refractivity contribution >= 4 is 11.8 Å². The number of piperazine rings is 1. The van der Waals surface area contributed by atoms with Crippen molar-refractivity contribution < 1.29 is 18.7 Å². The van der Waals surface area contributed by atoms with Gasteiger partial charge < -0.3 is 14.5 Å². The molecule has 1 aliphatic rings. The van der Waals surface area contributed by atoms with Crippen molar-refractivity contribution in [3.63, 3.8) is 0 Å². The minimum atomic E-state index is -0.651. The molecule has 172 valence electrons. The molecule has 1 aliphatic heterocycles. The SMILES string of the molecule is COc1cccc(C(=O)N2CCN(C(=O)c3ncn(-c4ccc(F)c(C)c4)n3)C(C)(C)C2)n1. The predicted octanol–water partition coefficient (Wildman–Crippen LogP) is 2.50. The summed E-state index contributed by atoms with van der Waals surface area (Å²) in [6.07, 6.45) is 1.43. The van der Waals surface area contributed by atoms with Crippen LogP contribution in [0.1, 0.15) is 40.5 Å². The smallest absolute Gasteiger partial charge is 0.294 e. The maximum absolute atomic E-state index is 13.6. The highest BCUT2D eigenvalue weighted by molar-refractivity contribution is 5.94. The minimum Gasteiger partial charge on any atom is -0.481 e. The van der Waals surface area contributed by atoms with E-state index in [2.05, 4.69) is 15.1 Å². The second kappa shape index (κ2) is 8.61. The molecule has 33 heavy (non-hydrogen) atoms. The molecule has 0 N–H and O–H groups in total. The summed E-state index contributed by atoms with van der Waals surface area (Å²) in [6, 6.07) is 9.60. The van der Waals surface area contributed by atoms with Crippen LogP contribution in [0.25, 0.3) is 5.69 Å². The average Bonchev–Trinajstić information content (AvgIpc) is 3.29. The molecule has 2 aromatic heterocycles. The summed E-state index contributed by atoms with van der Waals surface area (Å²) < 4.78 is 20.1. The fourth-order valence-electron chi connectivity index (χ4n) is 3.89. The lowest BCUT2D eigenvalue weighted by molar-refractivity contribution is 0.0158. The standard InChI is InChI=1S/C23H25FN6O3/c1-15-12-16(8-9-17(15)24)30-14-25-20(27-30)22(32)29-11-10-28(13-23(29,2)3)21(31)18-6-5-7-19(26-18)33-4/h5-9,12,14H,10-11,13H2,1-4H3. The van der Waals surface area contributed by atoms with E-state index in [0.29, 0.717) is 42.5 Å². The third-order valence-electron chi connectivity index (χ3n) is 5.68. The summed E-state index contributed by atoms with van der Waals surface area (Å²) in [4.78, 5) is 37.9. The maximum Gasteiger partial charge on any atom is 0.294 e. The van der Waals surface area contributed by atoms with Crippen LogP contribution in [0.2, 0.25) is 0 Å². The highest BCUT2D eigenvalue weighted by atomic mass is 19.1. The molecule has 10 heteroatoms. The van der Waals surface area contributed by atoms with Crippen molar-refractivity contribution in [3.05, 3.63) is 65.6 Å². The number of halogens is 1. The van der Waals surface area contributed by atoms with E-state index in [1.165, 1.54) is 24.2 Å². The van der Waals surface area contributed by atoms with Gasteiger partial charge in [-0.15, -0.1) is 5.10 Å². The number of amides is 2. The molecular weight excluding hydrogens is 427 g/mol. The van der Waals surface area contributed by atoms with E-state index in [9.17, 15) is 14.0 Å². The van der Waals surface area contributed by atoms with Gasteiger partial charge in [0.25, 0.3) is 11.8 Å². The van der Waals surface area contributed by atoms with E-state index in [4.69, 9.17) is 4.74 Å². The van der Waals surface area contributed by atoms with Gasteiger partial charge in [-0.3, -0.25) is 9.59 Å². The molecule has 0 radical (unpaired) electrons. The lowest BCUT2D eigenvalue weighted by Crippen LogP contribution is -2.62. The number of aromatic nitrogens is 4. The van der Waals surface area contributed by atoms with E-state index >= 15 is 0 Å². The van der Waals surface area contributed by atoms with Crippen molar-refractivity contribution in [2.75, 3.05) is 26.7 Å². The van der Waals surface area contributed by atoms with Gasteiger partial charge in [-0.05, 0) is 50.6 Å². The van der Waals surface area contributed by atoms with Crippen molar-refractivity contribution in [1.29, 1.82) is 0 Å². The Morgan fingerprint density at radius 1 is 1.12 bits per heavy atom. The molecule has 0 aliphatic carbocycles. The molecule has 0 spiro atoms. The van der Waals surface area contributed by atoms with Gasteiger partial charge in [0, 0.05) is 25.7 Å². The Labute approximate surface area is 190 Å². The Kier molecular flexibility index (Phi) is 5.84. The number of ether oxygens (including phenoxy) is 1. The first-order chi connectivity index (χ1) is 15.7. The van der Waals surface area contributed by atoms with Gasteiger partial charge in [0.15, 0.2) is 0 Å². The number of benzene rings is 1. The van der Waals surface area contributed by atoms with Gasteiger partial charge in [0.05, 0.1) is 18.3 Å². The monoisotopic (exact) mass is 452 g/mol. The molecule has 2 amide bonds. The van der Waals surface area contributed by atoms with Crippen LogP contribution < -0.4 is 4.74 Å². The summed E-state index contributed by atoms with van der Waals surface area (Å²) in [5, 5.41) is 4.30. The van der Waals surface area contributed by atoms with Gasteiger partial charge in [0.2, 0.25) is 11.7 Å². The molecule has 0 unspecified atom stereocenters. The summed E-state index contributed by atoms with van der Waals surface area (Å²) in [6.45, 7) is 6.45. The molecule has 9 nitrogen and oxygen atoms in total. The van der Waals surface area contributed by atoms with Crippen LogP contribution in [0.5, 0.6) is 5.88 Å². The number of pyridine rings is 1. The number of methoxy groups -OCH3 is 1. The van der Waals surface area contributed by atoms with Crippen molar-refractivity contribution in [3.8, 4) is 11.6 Å². The number of nitrogens with zero attached hydrogens (tertiary/aromatic N) is 6. The number of hydrogen-bond donors (Lipinski definition) is 0. The zero-order valence-corrected chi connectivity index (χ0v) is 18.9. The van der Waals surface area contributed by atoms with Crippen LogP contribution in [0, 0.1) is 12.7 Å². The van der Waals surface area contributed by atoms with Crippen molar-refractivity contribution in [1.82, 2.24) is 29.5 Å². The molecule has 1 fully saturated rings. The first-order valence-corrected chi connectivity index (χ1v) is 10.5. The van der Waals surface area contributed by atoms with E-state index in [0.717, 1.165) is 0 Å². The lowest BCUT2D eigenvalue weighted by atomic mass is 9.98. The number of carbonyl (C=O) groups excluding carboxylic acids is 2. The van der Waals surface area contributed by atoms with Gasteiger partial charge in [-0.2, -0.15) is 0 Å². The first kappa shape index (κ1) is 22.4. The highest BCUT2D eigenvalue weighted by Gasteiger charge is 2.40. The summed E-state index contributed by atoms with van der Waals surface area (Å²) in [5.41, 5.74) is 0.728. The number of rotatable bonds is 4. The van der Waals surface area contributed by atoms with Gasteiger partial charge in [-0.1, -0.05) is 6.07 Å². The van der Waals surface area contributed by atoms with Crippen LogP contribution in [0.15, 0.2) is 42.7 Å². The summed E-state index contributed by atoms with van der Waals surface area (Å²) in [5.74, 6) is -0.452. The number of hydrogen-bond acceptors (Lipinski definition) is 6. The van der Waals surface area contributed by atoms with Crippen molar-refractivity contribution in [2.45, 2.75) is 26.3 Å². The Balaban J connectivity index is 1.49. The fourth-order valence-corrected chi connectivity index (χ4v) is 3.89. The van der Waals surface area contributed by atoms with Crippen molar-refractivity contribution in [2.24, 2.45) is 0 Å². The van der Waals surface area contributed by atoms with Gasteiger partial charge >= 0.3 is 0 Å². The summed E-state index contributed by atoms with van der Waals surface area (Å²) >= 11 is 0. The molecular formula is C23H25FN6O3. The average molecular weight is 452 g/mol. The van der Waals surface area contributed by atoms with E-state index in [1.807, 2.05) is 13.8 Å². The molecule has 4 rings (SSSR count). The fraction of sp³-hybridized carbons (Fsp3) is 0.348. The second-order valence-corrected chi connectivity index (χ2v) is 8.51. The predicted molar refractivity (Wildman–Crippen MR) is 118 cm³/mol. The molecule has 3 heterocycles. The highest BCUT2D eigenvalue weighted by Crippen LogP contribution is 2.24. The normalized spacial score (nSPS) is 15.4. The van der Waals surface area contributed by atoms with E-state index < -0.39 is 5.54 Å². The van der Waals surface area contributed by atoms with Gasteiger partial charge in [-0.25, -0.2) is 19.0 Å². The Bertz CT molecular complexity index is 1210. The molecule has 0 bridgehead atoms. The second-order valence-electron chi connectivity index (χ2n) is 8.51. The maximum atomic E-state index is 13.6. The van der Waals surface area contributed by atoms with Crippen LogP contribution >= 0.6 is 0 Å². The number of aryl methyl sites for hydroxylation is 1. The van der Waals surface area contributed by atoms with E-state index in [1.54, 1.807) is 47.1 Å². The quantitative estimate of drug-likeness (QED) is 0.604. The molecule has 3 aromatic rings.